The number of piperidine rings is 1. The summed E-state index contributed by atoms with van der Waals surface area (Å²) in [6.07, 6.45) is 3.62. The van der Waals surface area contributed by atoms with Crippen molar-refractivity contribution in [1.29, 1.82) is 0 Å². The van der Waals surface area contributed by atoms with E-state index in [1.807, 2.05) is 42.2 Å². The summed E-state index contributed by atoms with van der Waals surface area (Å²) < 4.78 is 8.10. The van der Waals surface area contributed by atoms with Gasteiger partial charge in [-0.1, -0.05) is 12.1 Å². The average Bonchev–Trinajstić information content (AvgIpc) is 2.92. The van der Waals surface area contributed by atoms with Gasteiger partial charge in [-0.25, -0.2) is 0 Å². The van der Waals surface area contributed by atoms with Crippen LogP contribution in [0, 0.1) is 0 Å². The van der Waals surface area contributed by atoms with E-state index in [2.05, 4.69) is 15.3 Å². The fourth-order valence-corrected chi connectivity index (χ4v) is 3.47. The molecule has 0 radical (unpaired) electrons. The minimum Gasteiger partial charge on any atom is -0.466 e. The van der Waals surface area contributed by atoms with Crippen molar-refractivity contribution in [2.24, 2.45) is 7.05 Å². The molecule has 0 aliphatic carbocycles. The van der Waals surface area contributed by atoms with Crippen molar-refractivity contribution >= 4 is 5.91 Å². The Morgan fingerprint density at radius 3 is 3.04 bits per heavy atom. The van der Waals surface area contributed by atoms with Crippen LogP contribution in [0.3, 0.4) is 0 Å². The van der Waals surface area contributed by atoms with Crippen LogP contribution in [0.4, 0.5) is 0 Å². The fraction of sp³-hybridized carbons (Fsp3) is 0.412. The van der Waals surface area contributed by atoms with E-state index in [1.165, 1.54) is 0 Å². The van der Waals surface area contributed by atoms with Gasteiger partial charge in [0.25, 0.3) is 5.91 Å². The Morgan fingerprint density at radius 2 is 2.22 bits per heavy atom. The molecule has 1 saturated heterocycles. The molecule has 1 spiro atoms. The van der Waals surface area contributed by atoms with E-state index >= 15 is 0 Å². The summed E-state index contributed by atoms with van der Waals surface area (Å²) in [6.45, 7) is 2.48. The second kappa shape index (κ2) is 5.38. The fourth-order valence-electron chi connectivity index (χ4n) is 3.47. The zero-order chi connectivity index (χ0) is 15.9. The summed E-state index contributed by atoms with van der Waals surface area (Å²) in [5.41, 5.74) is 1.15. The van der Waals surface area contributed by atoms with E-state index in [9.17, 15) is 4.79 Å². The maximum Gasteiger partial charge on any atom is 0.258 e. The Labute approximate surface area is 135 Å². The van der Waals surface area contributed by atoms with E-state index in [0.29, 0.717) is 17.9 Å². The molecule has 1 aromatic carbocycles. The third kappa shape index (κ3) is 2.59. The molecule has 2 aliphatic rings. The van der Waals surface area contributed by atoms with Crippen LogP contribution >= 0.6 is 0 Å². The minimum absolute atomic E-state index is 0.0470. The minimum atomic E-state index is -0.623. The molecule has 1 unspecified atom stereocenters. The Balaban J connectivity index is 1.55. The van der Waals surface area contributed by atoms with Gasteiger partial charge >= 0.3 is 0 Å². The summed E-state index contributed by atoms with van der Waals surface area (Å²) in [5, 5.41) is 7.30. The molecule has 1 atom stereocenters. The maximum atomic E-state index is 12.4. The van der Waals surface area contributed by atoms with Crippen molar-refractivity contribution in [1.82, 2.24) is 20.0 Å². The molecule has 4 rings (SSSR count). The molecule has 1 N–H and O–H groups in total. The van der Waals surface area contributed by atoms with Gasteiger partial charge in [0.1, 0.15) is 5.75 Å². The summed E-state index contributed by atoms with van der Waals surface area (Å²) in [6, 6.07) is 9.46. The van der Waals surface area contributed by atoms with Crippen LogP contribution < -0.4 is 10.1 Å². The number of carbonyl (C=O) groups excluding carboxylic acids is 1. The van der Waals surface area contributed by atoms with Gasteiger partial charge in [0.05, 0.1) is 17.8 Å². The quantitative estimate of drug-likeness (QED) is 0.914. The first-order chi connectivity index (χ1) is 11.2. The summed E-state index contributed by atoms with van der Waals surface area (Å²) in [4.78, 5) is 14.7. The van der Waals surface area contributed by atoms with Crippen LogP contribution in [0.15, 0.2) is 36.5 Å². The Kier molecular flexibility index (Phi) is 3.34. The van der Waals surface area contributed by atoms with Crippen molar-refractivity contribution < 1.29 is 9.53 Å². The molecule has 23 heavy (non-hydrogen) atoms. The number of fused-ring (bicyclic) bond motifs is 1. The second-order valence-electron chi connectivity index (χ2n) is 6.31. The molecular weight excluding hydrogens is 292 g/mol. The van der Waals surface area contributed by atoms with Gasteiger partial charge in [-0.15, -0.1) is 0 Å². The number of amides is 1. The van der Waals surface area contributed by atoms with E-state index in [-0.39, 0.29) is 5.91 Å². The number of aryl methyl sites for hydroxylation is 1. The summed E-state index contributed by atoms with van der Waals surface area (Å²) in [5.74, 6) is 0.632. The lowest BCUT2D eigenvalue weighted by atomic mass is 9.98. The largest absolute Gasteiger partial charge is 0.466 e. The third-order valence-corrected chi connectivity index (χ3v) is 4.62. The number of aromatic nitrogens is 2. The smallest absolute Gasteiger partial charge is 0.258 e. The standard InChI is InChI=1S/C17H20N4O2/c1-20-13(7-9-18-20)11-21-10-4-8-17(12-21)19-16(22)14-5-2-3-6-15(14)23-17/h2-3,5-7,9H,4,8,10-12H2,1H3,(H,19,22). The monoisotopic (exact) mass is 312 g/mol. The Bertz CT molecular complexity index is 742. The molecule has 120 valence electrons. The Morgan fingerprint density at radius 1 is 1.35 bits per heavy atom. The summed E-state index contributed by atoms with van der Waals surface area (Å²) >= 11 is 0. The lowest BCUT2D eigenvalue weighted by Crippen LogP contribution is -2.64. The maximum absolute atomic E-state index is 12.4. The number of nitrogens with zero attached hydrogens (tertiary/aromatic N) is 3. The van der Waals surface area contributed by atoms with Crippen LogP contribution in [0.1, 0.15) is 28.9 Å². The van der Waals surface area contributed by atoms with Crippen molar-refractivity contribution in [3.63, 3.8) is 0 Å². The molecule has 2 aliphatic heterocycles. The predicted molar refractivity (Wildman–Crippen MR) is 85.0 cm³/mol. The summed E-state index contributed by atoms with van der Waals surface area (Å²) in [7, 11) is 1.95. The highest BCUT2D eigenvalue weighted by Crippen LogP contribution is 2.32. The molecule has 2 aromatic rings. The molecule has 1 fully saturated rings. The normalized spacial score (nSPS) is 24.1. The number of rotatable bonds is 2. The van der Waals surface area contributed by atoms with Crippen molar-refractivity contribution in [2.75, 3.05) is 13.1 Å². The van der Waals surface area contributed by atoms with E-state index in [4.69, 9.17) is 4.74 Å². The molecule has 3 heterocycles. The van der Waals surface area contributed by atoms with Gasteiger partial charge < -0.3 is 10.1 Å². The number of carbonyl (C=O) groups is 1. The number of hydrogen-bond donors (Lipinski definition) is 1. The van der Waals surface area contributed by atoms with E-state index < -0.39 is 5.72 Å². The highest BCUT2D eigenvalue weighted by atomic mass is 16.5. The van der Waals surface area contributed by atoms with Crippen LogP contribution in [0.5, 0.6) is 5.75 Å². The van der Waals surface area contributed by atoms with Crippen LogP contribution in [0.2, 0.25) is 0 Å². The zero-order valence-corrected chi connectivity index (χ0v) is 13.2. The van der Waals surface area contributed by atoms with Gasteiger partial charge in [-0.3, -0.25) is 14.4 Å². The Hall–Kier alpha value is -2.34. The van der Waals surface area contributed by atoms with Gasteiger partial charge in [0.15, 0.2) is 5.72 Å². The predicted octanol–water partition coefficient (Wildman–Crippen LogP) is 1.53. The lowest BCUT2D eigenvalue weighted by molar-refractivity contribution is -0.0398. The topological polar surface area (TPSA) is 59.4 Å². The van der Waals surface area contributed by atoms with Gasteiger partial charge in [-0.05, 0) is 31.2 Å². The molecule has 1 aromatic heterocycles. The zero-order valence-electron chi connectivity index (χ0n) is 13.2. The molecule has 1 amide bonds. The van der Waals surface area contributed by atoms with Gasteiger partial charge in [-0.2, -0.15) is 5.10 Å². The first-order valence-electron chi connectivity index (χ1n) is 7.95. The van der Waals surface area contributed by atoms with Crippen molar-refractivity contribution in [3.05, 3.63) is 47.8 Å². The number of likely N-dealkylation sites (tertiary alicyclic amines) is 1. The van der Waals surface area contributed by atoms with E-state index in [0.717, 1.165) is 31.6 Å². The lowest BCUT2D eigenvalue weighted by Gasteiger charge is -2.45. The molecule has 0 saturated carbocycles. The first-order valence-corrected chi connectivity index (χ1v) is 7.95. The number of ether oxygens (including phenoxy) is 1. The highest BCUT2D eigenvalue weighted by molar-refractivity contribution is 5.98. The number of benzene rings is 1. The van der Waals surface area contributed by atoms with Crippen molar-refractivity contribution in [2.45, 2.75) is 25.1 Å². The van der Waals surface area contributed by atoms with Crippen LogP contribution in [-0.2, 0) is 13.6 Å². The van der Waals surface area contributed by atoms with Crippen LogP contribution in [-0.4, -0.2) is 39.4 Å². The van der Waals surface area contributed by atoms with E-state index in [1.54, 1.807) is 6.07 Å². The number of para-hydroxylation sites is 1. The molecule has 6 heteroatoms. The SMILES string of the molecule is Cn1nccc1CN1CCCC2(C1)NC(=O)c1ccccc1O2. The average molecular weight is 312 g/mol. The second-order valence-corrected chi connectivity index (χ2v) is 6.31. The van der Waals surface area contributed by atoms with Gasteiger partial charge in [0, 0.05) is 26.2 Å². The highest BCUT2D eigenvalue weighted by Gasteiger charge is 2.43. The molecular formula is C17H20N4O2. The molecule has 6 nitrogen and oxygen atoms in total. The first kappa shape index (κ1) is 14.3. The number of hydrogen-bond acceptors (Lipinski definition) is 4. The number of nitrogens with one attached hydrogen (secondary N) is 1. The van der Waals surface area contributed by atoms with Gasteiger partial charge in [0.2, 0.25) is 0 Å². The molecule has 0 bridgehead atoms. The van der Waals surface area contributed by atoms with Crippen LogP contribution in [0.25, 0.3) is 0 Å². The van der Waals surface area contributed by atoms with Crippen molar-refractivity contribution in [3.8, 4) is 5.75 Å². The third-order valence-electron chi connectivity index (χ3n) is 4.62.